The third-order valence-corrected chi connectivity index (χ3v) is 3.72. The molecule has 2 rings (SSSR count). The van der Waals surface area contributed by atoms with Crippen molar-refractivity contribution < 1.29 is 9.47 Å². The molecule has 19 heavy (non-hydrogen) atoms. The molecule has 0 amide bonds. The topological polar surface area (TPSA) is 47.7 Å². The molecule has 1 atom stereocenters. The minimum absolute atomic E-state index is 0.0316. The third kappa shape index (κ3) is 4.45. The van der Waals surface area contributed by atoms with E-state index in [-0.39, 0.29) is 6.04 Å². The molecular weight excluding hydrogens is 308 g/mol. The molecule has 4 nitrogen and oxygen atoms in total. The Kier molecular flexibility index (Phi) is 5.63. The van der Waals surface area contributed by atoms with Crippen molar-refractivity contribution in [2.75, 3.05) is 39.5 Å². The van der Waals surface area contributed by atoms with Gasteiger partial charge in [0.25, 0.3) is 0 Å². The summed E-state index contributed by atoms with van der Waals surface area (Å²) in [4.78, 5) is 2.36. The highest BCUT2D eigenvalue weighted by molar-refractivity contribution is 9.10. The first kappa shape index (κ1) is 14.8. The van der Waals surface area contributed by atoms with E-state index >= 15 is 0 Å². The van der Waals surface area contributed by atoms with Crippen LogP contribution in [0.15, 0.2) is 22.7 Å². The van der Waals surface area contributed by atoms with Crippen molar-refractivity contribution in [3.8, 4) is 5.75 Å². The standard InChI is InChI=1S/C14H21BrN2O2/c1-11(16)13-10-12(15)2-3-14(13)19-9-6-17-4-7-18-8-5-17/h2-3,10-11H,4-9,16H2,1H3. The maximum absolute atomic E-state index is 5.97. The Morgan fingerprint density at radius 1 is 1.42 bits per heavy atom. The Bertz CT molecular complexity index is 406. The van der Waals surface area contributed by atoms with Crippen LogP contribution < -0.4 is 10.5 Å². The van der Waals surface area contributed by atoms with Gasteiger partial charge in [-0.25, -0.2) is 0 Å². The van der Waals surface area contributed by atoms with Crippen molar-refractivity contribution in [2.45, 2.75) is 13.0 Å². The van der Waals surface area contributed by atoms with Crippen molar-refractivity contribution in [3.63, 3.8) is 0 Å². The number of nitrogens with two attached hydrogens (primary N) is 1. The summed E-state index contributed by atoms with van der Waals surface area (Å²) in [6.07, 6.45) is 0. The third-order valence-electron chi connectivity index (χ3n) is 3.23. The van der Waals surface area contributed by atoms with Gasteiger partial charge in [-0.1, -0.05) is 15.9 Å². The summed E-state index contributed by atoms with van der Waals surface area (Å²) in [6.45, 7) is 7.20. The second-order valence-corrected chi connectivity index (χ2v) is 5.69. The van der Waals surface area contributed by atoms with Crippen LogP contribution in [0.2, 0.25) is 0 Å². The zero-order valence-corrected chi connectivity index (χ0v) is 12.9. The number of nitrogens with zero attached hydrogens (tertiary/aromatic N) is 1. The molecule has 1 aliphatic rings. The molecule has 1 aromatic carbocycles. The molecule has 1 aromatic rings. The quantitative estimate of drug-likeness (QED) is 0.900. The molecule has 0 bridgehead atoms. The average molecular weight is 329 g/mol. The lowest BCUT2D eigenvalue weighted by Gasteiger charge is -2.26. The Morgan fingerprint density at radius 2 is 2.16 bits per heavy atom. The number of morpholine rings is 1. The van der Waals surface area contributed by atoms with Crippen LogP contribution in [-0.4, -0.2) is 44.4 Å². The highest BCUT2D eigenvalue weighted by Crippen LogP contribution is 2.27. The van der Waals surface area contributed by atoms with E-state index in [1.165, 1.54) is 0 Å². The predicted molar refractivity (Wildman–Crippen MR) is 79.5 cm³/mol. The van der Waals surface area contributed by atoms with Gasteiger partial charge in [-0.15, -0.1) is 0 Å². The Hall–Kier alpha value is -0.620. The summed E-state index contributed by atoms with van der Waals surface area (Å²) in [5.74, 6) is 0.881. The van der Waals surface area contributed by atoms with Crippen LogP contribution in [-0.2, 0) is 4.74 Å². The molecule has 1 saturated heterocycles. The van der Waals surface area contributed by atoms with Crippen LogP contribution in [0.4, 0.5) is 0 Å². The highest BCUT2D eigenvalue weighted by atomic mass is 79.9. The first-order chi connectivity index (χ1) is 9.16. The highest BCUT2D eigenvalue weighted by Gasteiger charge is 2.12. The van der Waals surface area contributed by atoms with Crippen LogP contribution in [0, 0.1) is 0 Å². The smallest absolute Gasteiger partial charge is 0.124 e. The van der Waals surface area contributed by atoms with E-state index in [0.717, 1.165) is 48.6 Å². The van der Waals surface area contributed by atoms with E-state index in [2.05, 4.69) is 20.8 Å². The summed E-state index contributed by atoms with van der Waals surface area (Å²) < 4.78 is 12.2. The van der Waals surface area contributed by atoms with Gasteiger partial charge in [-0.3, -0.25) is 4.90 Å². The molecule has 1 heterocycles. The Balaban J connectivity index is 1.88. The van der Waals surface area contributed by atoms with Gasteiger partial charge >= 0.3 is 0 Å². The lowest BCUT2D eigenvalue weighted by Crippen LogP contribution is -2.38. The molecule has 1 fully saturated rings. The summed E-state index contributed by atoms with van der Waals surface area (Å²) in [7, 11) is 0. The monoisotopic (exact) mass is 328 g/mol. The van der Waals surface area contributed by atoms with Crippen LogP contribution >= 0.6 is 15.9 Å². The van der Waals surface area contributed by atoms with Gasteiger partial charge in [0.15, 0.2) is 0 Å². The average Bonchev–Trinajstić information content (AvgIpc) is 2.41. The van der Waals surface area contributed by atoms with E-state index < -0.39 is 0 Å². The fourth-order valence-electron chi connectivity index (χ4n) is 2.12. The molecule has 0 radical (unpaired) electrons. The lowest BCUT2D eigenvalue weighted by molar-refractivity contribution is 0.0322. The van der Waals surface area contributed by atoms with E-state index in [9.17, 15) is 0 Å². The number of rotatable bonds is 5. The molecular formula is C14H21BrN2O2. The van der Waals surface area contributed by atoms with Crippen molar-refractivity contribution in [1.29, 1.82) is 0 Å². The number of benzene rings is 1. The van der Waals surface area contributed by atoms with Crippen LogP contribution in [0.1, 0.15) is 18.5 Å². The van der Waals surface area contributed by atoms with Crippen LogP contribution in [0.5, 0.6) is 5.75 Å². The van der Waals surface area contributed by atoms with E-state index in [1.807, 2.05) is 25.1 Å². The molecule has 0 saturated carbocycles. The number of hydrogen-bond donors (Lipinski definition) is 1. The minimum Gasteiger partial charge on any atom is -0.492 e. The van der Waals surface area contributed by atoms with Gasteiger partial charge in [0.1, 0.15) is 12.4 Å². The zero-order valence-electron chi connectivity index (χ0n) is 11.3. The summed E-state index contributed by atoms with van der Waals surface area (Å²) >= 11 is 3.46. The van der Waals surface area contributed by atoms with Crippen molar-refractivity contribution in [2.24, 2.45) is 5.73 Å². The van der Waals surface area contributed by atoms with E-state index in [1.54, 1.807) is 0 Å². The summed E-state index contributed by atoms with van der Waals surface area (Å²) in [5, 5.41) is 0. The molecule has 2 N–H and O–H groups in total. The molecule has 5 heteroatoms. The van der Waals surface area contributed by atoms with Crippen molar-refractivity contribution in [1.82, 2.24) is 4.90 Å². The van der Waals surface area contributed by atoms with Crippen LogP contribution in [0.3, 0.4) is 0 Å². The van der Waals surface area contributed by atoms with Crippen molar-refractivity contribution >= 4 is 15.9 Å². The minimum atomic E-state index is -0.0316. The first-order valence-electron chi connectivity index (χ1n) is 6.65. The van der Waals surface area contributed by atoms with Gasteiger partial charge in [0.05, 0.1) is 13.2 Å². The molecule has 0 spiro atoms. The summed E-state index contributed by atoms with van der Waals surface area (Å²) in [5.41, 5.74) is 7.01. The second-order valence-electron chi connectivity index (χ2n) is 4.77. The maximum Gasteiger partial charge on any atom is 0.124 e. The van der Waals surface area contributed by atoms with Crippen LogP contribution in [0.25, 0.3) is 0 Å². The zero-order chi connectivity index (χ0) is 13.7. The second kappa shape index (κ2) is 7.24. The molecule has 0 aromatic heterocycles. The Labute approximate surface area is 123 Å². The van der Waals surface area contributed by atoms with Gasteiger partial charge in [0.2, 0.25) is 0 Å². The Morgan fingerprint density at radius 3 is 2.84 bits per heavy atom. The molecule has 1 unspecified atom stereocenters. The maximum atomic E-state index is 5.97. The first-order valence-corrected chi connectivity index (χ1v) is 7.44. The SMILES string of the molecule is CC(N)c1cc(Br)ccc1OCCN1CCOCC1. The van der Waals surface area contributed by atoms with Gasteiger partial charge < -0.3 is 15.2 Å². The number of ether oxygens (including phenoxy) is 2. The lowest BCUT2D eigenvalue weighted by atomic mass is 10.1. The fraction of sp³-hybridized carbons (Fsp3) is 0.571. The van der Waals surface area contributed by atoms with Gasteiger partial charge in [-0.2, -0.15) is 0 Å². The van der Waals surface area contributed by atoms with Gasteiger partial charge in [-0.05, 0) is 25.1 Å². The summed E-state index contributed by atoms with van der Waals surface area (Å²) in [6, 6.07) is 5.95. The van der Waals surface area contributed by atoms with E-state index in [0.29, 0.717) is 6.61 Å². The normalized spacial score (nSPS) is 18.3. The molecule has 106 valence electrons. The van der Waals surface area contributed by atoms with Gasteiger partial charge in [0, 0.05) is 35.7 Å². The molecule has 0 aliphatic carbocycles. The van der Waals surface area contributed by atoms with E-state index in [4.69, 9.17) is 15.2 Å². The number of hydrogen-bond acceptors (Lipinski definition) is 4. The van der Waals surface area contributed by atoms with Crippen molar-refractivity contribution in [3.05, 3.63) is 28.2 Å². The largest absolute Gasteiger partial charge is 0.492 e. The fourth-order valence-corrected chi connectivity index (χ4v) is 2.49. The molecule has 1 aliphatic heterocycles. The number of halogens is 1. The predicted octanol–water partition coefficient (Wildman–Crippen LogP) is 2.18.